The number of nitrogens with zero attached hydrogens (tertiary/aromatic N) is 2. The molecule has 0 unspecified atom stereocenters. The van der Waals surface area contributed by atoms with Crippen molar-refractivity contribution in [2.75, 3.05) is 5.32 Å². The minimum atomic E-state index is -0.544. The number of carbonyl (C=O) groups is 1. The zero-order chi connectivity index (χ0) is 17.3. The van der Waals surface area contributed by atoms with Crippen LogP contribution in [-0.4, -0.2) is 20.8 Å². The van der Waals surface area contributed by atoms with Crippen molar-refractivity contribution in [3.8, 4) is 11.3 Å². The third-order valence-corrected chi connectivity index (χ3v) is 3.38. The number of nitrogens with one attached hydrogen (secondary N) is 2. The van der Waals surface area contributed by atoms with E-state index in [1.54, 1.807) is 24.3 Å². The molecule has 0 radical (unpaired) electrons. The second-order valence-electron chi connectivity index (χ2n) is 5.10. The Balaban J connectivity index is 2.19. The fraction of sp³-hybridized carbons (Fsp3) is 0.0625. The fourth-order valence-corrected chi connectivity index (χ4v) is 2.36. The predicted molar refractivity (Wildman–Crippen MR) is 88.8 cm³/mol. The number of hydrogen-bond donors (Lipinski definition) is 2. The van der Waals surface area contributed by atoms with Crippen molar-refractivity contribution >= 4 is 28.3 Å². The van der Waals surface area contributed by atoms with E-state index in [0.717, 1.165) is 0 Å². The molecule has 8 nitrogen and oxygen atoms in total. The molecule has 8 heteroatoms. The summed E-state index contributed by atoms with van der Waals surface area (Å²) in [7, 11) is 0. The first kappa shape index (κ1) is 15.3. The molecule has 0 fully saturated rings. The average Bonchev–Trinajstić information content (AvgIpc) is 2.53. The Kier molecular flexibility index (Phi) is 3.78. The van der Waals surface area contributed by atoms with Gasteiger partial charge in [-0.25, -0.2) is 4.98 Å². The second-order valence-corrected chi connectivity index (χ2v) is 5.10. The van der Waals surface area contributed by atoms with Crippen LogP contribution in [0.5, 0.6) is 0 Å². The van der Waals surface area contributed by atoms with Crippen LogP contribution in [0.1, 0.15) is 6.92 Å². The van der Waals surface area contributed by atoms with Crippen molar-refractivity contribution in [2.24, 2.45) is 0 Å². The molecule has 0 aliphatic rings. The molecule has 3 rings (SSSR count). The lowest BCUT2D eigenvalue weighted by Crippen LogP contribution is -2.14. The van der Waals surface area contributed by atoms with Crippen LogP contribution in [0.4, 0.5) is 11.4 Å². The number of H-pyrrole nitrogens is 1. The summed E-state index contributed by atoms with van der Waals surface area (Å²) in [6, 6.07) is 10.8. The van der Waals surface area contributed by atoms with Crippen LogP contribution in [0.15, 0.2) is 47.3 Å². The van der Waals surface area contributed by atoms with E-state index in [2.05, 4.69) is 15.3 Å². The standard InChI is InChI=1S/C16H12N4O4/c1-9(21)17-12-5-3-2-4-11(12)15-16(22)19-14-8-10(20(23)24)6-7-13(14)18-15/h2-8H,1H3,(H,17,21)(H,19,22). The predicted octanol–water partition coefficient (Wildman–Crippen LogP) is 2.46. The quantitative estimate of drug-likeness (QED) is 0.566. The zero-order valence-corrected chi connectivity index (χ0v) is 12.6. The van der Waals surface area contributed by atoms with E-state index in [0.29, 0.717) is 16.8 Å². The van der Waals surface area contributed by atoms with Gasteiger partial charge in [0.1, 0.15) is 5.69 Å². The van der Waals surface area contributed by atoms with E-state index in [-0.39, 0.29) is 22.8 Å². The number of aromatic nitrogens is 2. The molecule has 0 spiro atoms. The van der Waals surface area contributed by atoms with Crippen molar-refractivity contribution in [1.29, 1.82) is 0 Å². The number of rotatable bonds is 3. The van der Waals surface area contributed by atoms with Crippen molar-refractivity contribution in [2.45, 2.75) is 6.92 Å². The molecule has 0 saturated carbocycles. The lowest BCUT2D eigenvalue weighted by molar-refractivity contribution is -0.384. The number of fused-ring (bicyclic) bond motifs is 1. The summed E-state index contributed by atoms with van der Waals surface area (Å²) in [5.74, 6) is -0.268. The van der Waals surface area contributed by atoms with E-state index in [1.165, 1.54) is 25.1 Å². The van der Waals surface area contributed by atoms with Crippen molar-refractivity contribution < 1.29 is 9.72 Å². The van der Waals surface area contributed by atoms with E-state index >= 15 is 0 Å². The van der Waals surface area contributed by atoms with E-state index in [4.69, 9.17) is 0 Å². The lowest BCUT2D eigenvalue weighted by Gasteiger charge is -2.09. The zero-order valence-electron chi connectivity index (χ0n) is 12.6. The topological polar surface area (TPSA) is 118 Å². The van der Waals surface area contributed by atoms with Crippen LogP contribution in [-0.2, 0) is 4.79 Å². The molecule has 1 amide bonds. The normalized spacial score (nSPS) is 10.5. The smallest absolute Gasteiger partial charge is 0.275 e. The van der Waals surface area contributed by atoms with Crippen molar-refractivity contribution in [1.82, 2.24) is 9.97 Å². The van der Waals surface area contributed by atoms with Crippen LogP contribution in [0, 0.1) is 10.1 Å². The largest absolute Gasteiger partial charge is 0.326 e. The summed E-state index contributed by atoms with van der Waals surface area (Å²) in [4.78, 5) is 40.8. The highest BCUT2D eigenvalue weighted by atomic mass is 16.6. The molecule has 1 aromatic heterocycles. The molecule has 0 bridgehead atoms. The Bertz CT molecular complexity index is 1030. The van der Waals surface area contributed by atoms with Crippen LogP contribution in [0.25, 0.3) is 22.3 Å². The molecule has 1 heterocycles. The van der Waals surface area contributed by atoms with Crippen molar-refractivity contribution in [3.05, 3.63) is 62.9 Å². The highest BCUT2D eigenvalue weighted by molar-refractivity contribution is 5.94. The van der Waals surface area contributed by atoms with E-state index in [1.807, 2.05) is 0 Å². The molecule has 2 aromatic carbocycles. The first-order chi connectivity index (χ1) is 11.5. The summed E-state index contributed by atoms with van der Waals surface area (Å²) in [6.45, 7) is 1.37. The Morgan fingerprint density at radius 1 is 1.25 bits per heavy atom. The molecule has 0 aliphatic heterocycles. The van der Waals surface area contributed by atoms with Gasteiger partial charge in [0.2, 0.25) is 5.91 Å². The van der Waals surface area contributed by atoms with Gasteiger partial charge in [-0.2, -0.15) is 0 Å². The van der Waals surface area contributed by atoms with E-state index in [9.17, 15) is 19.7 Å². The van der Waals surface area contributed by atoms with Gasteiger partial charge < -0.3 is 10.3 Å². The SMILES string of the molecule is CC(=O)Nc1ccccc1-c1nc2ccc([N+](=O)[O-])cc2[nH]c1=O. The van der Waals surface area contributed by atoms with Gasteiger partial charge in [-0.1, -0.05) is 18.2 Å². The van der Waals surface area contributed by atoms with Crippen LogP contribution in [0.2, 0.25) is 0 Å². The summed E-state index contributed by atoms with van der Waals surface area (Å²) in [5, 5.41) is 13.5. The summed E-state index contributed by atoms with van der Waals surface area (Å²) < 4.78 is 0. The molecule has 24 heavy (non-hydrogen) atoms. The second kappa shape index (κ2) is 5.92. The minimum absolute atomic E-state index is 0.126. The van der Waals surface area contributed by atoms with Gasteiger partial charge in [-0.05, 0) is 12.1 Å². The van der Waals surface area contributed by atoms with Crippen molar-refractivity contribution in [3.63, 3.8) is 0 Å². The van der Waals surface area contributed by atoms with E-state index < -0.39 is 10.5 Å². The Labute approximate surface area is 135 Å². The maximum absolute atomic E-state index is 12.4. The Hall–Kier alpha value is -3.55. The minimum Gasteiger partial charge on any atom is -0.326 e. The number of para-hydroxylation sites is 1. The molecule has 0 atom stereocenters. The molecule has 0 saturated heterocycles. The first-order valence-electron chi connectivity index (χ1n) is 7.01. The van der Waals surface area contributed by atoms with Crippen LogP contribution in [0.3, 0.4) is 0 Å². The van der Waals surface area contributed by atoms with Gasteiger partial charge >= 0.3 is 0 Å². The third-order valence-electron chi connectivity index (χ3n) is 3.38. The number of aromatic amines is 1. The van der Waals surface area contributed by atoms with Gasteiger partial charge in [0.25, 0.3) is 11.2 Å². The number of amides is 1. The highest BCUT2D eigenvalue weighted by Crippen LogP contribution is 2.25. The molecule has 120 valence electrons. The number of non-ortho nitro benzene ring substituents is 1. The van der Waals surface area contributed by atoms with Gasteiger partial charge in [-0.15, -0.1) is 0 Å². The molecule has 0 aliphatic carbocycles. The maximum atomic E-state index is 12.4. The molecule has 2 N–H and O–H groups in total. The molecule has 3 aromatic rings. The van der Waals surface area contributed by atoms with Gasteiger partial charge in [0.05, 0.1) is 21.6 Å². The summed E-state index contributed by atoms with van der Waals surface area (Å²) in [5.41, 5.74) is 1.11. The monoisotopic (exact) mass is 324 g/mol. The number of benzene rings is 2. The lowest BCUT2D eigenvalue weighted by atomic mass is 10.1. The fourth-order valence-electron chi connectivity index (χ4n) is 2.36. The van der Waals surface area contributed by atoms with Gasteiger partial charge in [0.15, 0.2) is 0 Å². The van der Waals surface area contributed by atoms with Crippen LogP contribution < -0.4 is 10.9 Å². The number of hydrogen-bond acceptors (Lipinski definition) is 5. The molecular formula is C16H12N4O4. The van der Waals surface area contributed by atoms with Gasteiger partial charge in [0, 0.05) is 24.6 Å². The molecular weight excluding hydrogens is 312 g/mol. The van der Waals surface area contributed by atoms with Crippen LogP contribution >= 0.6 is 0 Å². The maximum Gasteiger partial charge on any atom is 0.275 e. The number of nitro groups is 1. The summed E-state index contributed by atoms with van der Waals surface area (Å²) >= 11 is 0. The number of nitro benzene ring substituents is 1. The Morgan fingerprint density at radius 3 is 2.71 bits per heavy atom. The number of anilines is 1. The highest BCUT2D eigenvalue weighted by Gasteiger charge is 2.14. The third kappa shape index (κ3) is 2.84. The first-order valence-corrected chi connectivity index (χ1v) is 7.01. The Morgan fingerprint density at radius 2 is 2.00 bits per heavy atom. The number of carbonyl (C=O) groups excluding carboxylic acids is 1. The average molecular weight is 324 g/mol. The van der Waals surface area contributed by atoms with Gasteiger partial charge in [-0.3, -0.25) is 19.7 Å². The summed E-state index contributed by atoms with van der Waals surface area (Å²) in [6.07, 6.45) is 0.